The average Bonchev–Trinajstić information content (AvgIpc) is 2.89. The van der Waals surface area contributed by atoms with Gasteiger partial charge in [0.05, 0.1) is 0 Å². The van der Waals surface area contributed by atoms with Crippen molar-refractivity contribution in [3.8, 4) is 5.75 Å². The van der Waals surface area contributed by atoms with Crippen molar-refractivity contribution in [3.63, 3.8) is 0 Å². The molecular weight excluding hydrogens is 258 g/mol. The Morgan fingerprint density at radius 3 is 2.62 bits per heavy atom. The summed E-state index contributed by atoms with van der Waals surface area (Å²) >= 11 is 0. The highest BCUT2D eigenvalue weighted by atomic mass is 16.5. The van der Waals surface area contributed by atoms with Crippen LogP contribution in [0.15, 0.2) is 18.2 Å². The first-order valence-electron chi connectivity index (χ1n) is 8.71. The third-order valence-electron chi connectivity index (χ3n) is 5.31. The summed E-state index contributed by atoms with van der Waals surface area (Å²) in [4.78, 5) is 0. The van der Waals surface area contributed by atoms with Crippen molar-refractivity contribution in [2.24, 2.45) is 11.8 Å². The molecule has 2 heteroatoms. The molecule has 21 heavy (non-hydrogen) atoms. The van der Waals surface area contributed by atoms with Gasteiger partial charge in [-0.1, -0.05) is 43.9 Å². The fourth-order valence-electron chi connectivity index (χ4n) is 3.86. The molecule has 0 radical (unpaired) electrons. The zero-order valence-electron chi connectivity index (χ0n) is 13.5. The molecule has 2 nitrogen and oxygen atoms in total. The molecule has 1 saturated carbocycles. The summed E-state index contributed by atoms with van der Waals surface area (Å²) in [5.41, 5.74) is 2.71. The lowest BCUT2D eigenvalue weighted by molar-refractivity contribution is 0.214. The fourth-order valence-corrected chi connectivity index (χ4v) is 3.86. The highest BCUT2D eigenvalue weighted by molar-refractivity contribution is 5.40. The number of hydrogen-bond donors (Lipinski definition) is 1. The third-order valence-corrected chi connectivity index (χ3v) is 5.31. The molecule has 1 fully saturated rings. The van der Waals surface area contributed by atoms with Gasteiger partial charge in [-0.25, -0.2) is 0 Å². The van der Waals surface area contributed by atoms with Gasteiger partial charge < -0.3 is 10.1 Å². The molecule has 3 rings (SSSR count). The van der Waals surface area contributed by atoms with E-state index in [-0.39, 0.29) is 0 Å². The van der Waals surface area contributed by atoms with Gasteiger partial charge in [-0.15, -0.1) is 0 Å². The molecule has 1 heterocycles. The van der Waals surface area contributed by atoms with E-state index in [2.05, 4.69) is 37.4 Å². The molecule has 0 bridgehead atoms. The van der Waals surface area contributed by atoms with Gasteiger partial charge in [-0.05, 0) is 49.8 Å². The van der Waals surface area contributed by atoms with Crippen molar-refractivity contribution in [1.82, 2.24) is 5.32 Å². The van der Waals surface area contributed by atoms with E-state index in [1.807, 2.05) is 0 Å². The largest absolute Gasteiger partial charge is 0.488 e. The molecule has 1 N–H and O–H groups in total. The molecule has 1 unspecified atom stereocenters. The molecular formula is C19H29NO. The Hall–Kier alpha value is -1.02. The maximum absolute atomic E-state index is 6.02. The van der Waals surface area contributed by atoms with Gasteiger partial charge in [0, 0.05) is 13.0 Å². The first kappa shape index (κ1) is 14.9. The predicted molar refractivity (Wildman–Crippen MR) is 87.9 cm³/mol. The Morgan fingerprint density at radius 2 is 1.86 bits per heavy atom. The van der Waals surface area contributed by atoms with Crippen LogP contribution in [0.5, 0.6) is 5.75 Å². The molecule has 1 aromatic rings. The molecule has 0 spiro atoms. The first-order chi connectivity index (χ1) is 10.2. The highest BCUT2D eigenvalue weighted by Gasteiger charge is 2.24. The second-order valence-electron chi connectivity index (χ2n) is 7.01. The number of benzene rings is 1. The maximum atomic E-state index is 6.02. The predicted octanol–water partition coefficient (Wildman–Crippen LogP) is 4.10. The van der Waals surface area contributed by atoms with E-state index in [1.54, 1.807) is 0 Å². The van der Waals surface area contributed by atoms with E-state index in [9.17, 15) is 0 Å². The van der Waals surface area contributed by atoms with Crippen LogP contribution in [0.25, 0.3) is 0 Å². The molecule has 116 valence electrons. The lowest BCUT2D eigenvalue weighted by atomic mass is 9.81. The zero-order valence-corrected chi connectivity index (χ0v) is 13.5. The number of nitrogens with one attached hydrogen (secondary N) is 1. The summed E-state index contributed by atoms with van der Waals surface area (Å²) in [5.74, 6) is 2.98. The van der Waals surface area contributed by atoms with Crippen LogP contribution in [0, 0.1) is 18.8 Å². The average molecular weight is 287 g/mol. The Balaban J connectivity index is 1.38. The topological polar surface area (TPSA) is 21.3 Å². The van der Waals surface area contributed by atoms with Crippen molar-refractivity contribution in [2.75, 3.05) is 13.1 Å². The van der Waals surface area contributed by atoms with Crippen LogP contribution in [0.4, 0.5) is 0 Å². The Kier molecular flexibility index (Phi) is 4.84. The van der Waals surface area contributed by atoms with Gasteiger partial charge in [-0.3, -0.25) is 0 Å². The Morgan fingerprint density at radius 1 is 1.10 bits per heavy atom. The standard InChI is InChI=1S/C19H29NO/c1-3-15-5-7-16(8-6-15)12-20-13-18-11-17-10-14(2)4-9-19(17)21-18/h4,9-10,15-16,18,20H,3,5-8,11-13H2,1-2H3. The monoisotopic (exact) mass is 287 g/mol. The van der Waals surface area contributed by atoms with Gasteiger partial charge in [0.1, 0.15) is 11.9 Å². The third kappa shape index (κ3) is 3.79. The summed E-state index contributed by atoms with van der Waals surface area (Å²) in [6.45, 7) is 6.64. The van der Waals surface area contributed by atoms with Gasteiger partial charge in [0.2, 0.25) is 0 Å². The molecule has 0 saturated heterocycles. The molecule has 1 aliphatic carbocycles. The summed E-state index contributed by atoms with van der Waals surface area (Å²) < 4.78 is 6.02. The van der Waals surface area contributed by atoms with E-state index in [1.165, 1.54) is 49.8 Å². The second kappa shape index (κ2) is 6.83. The van der Waals surface area contributed by atoms with Crippen molar-refractivity contribution >= 4 is 0 Å². The van der Waals surface area contributed by atoms with Crippen LogP contribution < -0.4 is 10.1 Å². The van der Waals surface area contributed by atoms with E-state index in [0.717, 1.165) is 30.6 Å². The molecule has 1 atom stereocenters. The normalized spacial score (nSPS) is 28.2. The minimum Gasteiger partial charge on any atom is -0.488 e. The molecule has 1 aromatic carbocycles. The van der Waals surface area contributed by atoms with Crippen LogP contribution in [-0.4, -0.2) is 19.2 Å². The summed E-state index contributed by atoms with van der Waals surface area (Å²) in [6.07, 6.45) is 8.46. The highest BCUT2D eigenvalue weighted by Crippen LogP contribution is 2.31. The number of aryl methyl sites for hydroxylation is 1. The van der Waals surface area contributed by atoms with Crippen LogP contribution in [-0.2, 0) is 6.42 Å². The lowest BCUT2D eigenvalue weighted by Crippen LogP contribution is -2.34. The number of rotatable bonds is 5. The van der Waals surface area contributed by atoms with Crippen LogP contribution in [0.3, 0.4) is 0 Å². The van der Waals surface area contributed by atoms with E-state index in [0.29, 0.717) is 6.10 Å². The lowest BCUT2D eigenvalue weighted by Gasteiger charge is -2.28. The quantitative estimate of drug-likeness (QED) is 0.880. The summed E-state index contributed by atoms with van der Waals surface area (Å²) in [7, 11) is 0. The van der Waals surface area contributed by atoms with Gasteiger partial charge in [-0.2, -0.15) is 0 Å². The molecule has 1 aliphatic heterocycles. The minimum atomic E-state index is 0.328. The van der Waals surface area contributed by atoms with E-state index >= 15 is 0 Å². The smallest absolute Gasteiger partial charge is 0.123 e. The van der Waals surface area contributed by atoms with Gasteiger partial charge >= 0.3 is 0 Å². The van der Waals surface area contributed by atoms with Gasteiger partial charge in [0.15, 0.2) is 0 Å². The second-order valence-corrected chi connectivity index (χ2v) is 7.01. The van der Waals surface area contributed by atoms with Crippen molar-refractivity contribution in [3.05, 3.63) is 29.3 Å². The summed E-state index contributed by atoms with van der Waals surface area (Å²) in [6, 6.07) is 6.53. The number of hydrogen-bond acceptors (Lipinski definition) is 2. The minimum absolute atomic E-state index is 0.328. The SMILES string of the molecule is CCC1CCC(CNCC2Cc3cc(C)ccc3O2)CC1. The van der Waals surface area contributed by atoms with Crippen molar-refractivity contribution in [2.45, 2.75) is 58.5 Å². The maximum Gasteiger partial charge on any atom is 0.123 e. The first-order valence-corrected chi connectivity index (χ1v) is 8.71. The zero-order chi connectivity index (χ0) is 14.7. The van der Waals surface area contributed by atoms with Crippen molar-refractivity contribution in [1.29, 1.82) is 0 Å². The van der Waals surface area contributed by atoms with E-state index in [4.69, 9.17) is 4.74 Å². The Labute approximate surface area is 129 Å². The van der Waals surface area contributed by atoms with Crippen molar-refractivity contribution < 1.29 is 4.74 Å². The Bertz CT molecular complexity index is 463. The molecule has 0 aromatic heterocycles. The van der Waals surface area contributed by atoms with Crippen LogP contribution >= 0.6 is 0 Å². The van der Waals surface area contributed by atoms with Crippen LogP contribution in [0.1, 0.15) is 50.2 Å². The fraction of sp³-hybridized carbons (Fsp3) is 0.684. The summed E-state index contributed by atoms with van der Waals surface area (Å²) in [5, 5.41) is 3.65. The molecule has 2 aliphatic rings. The number of ether oxygens (including phenoxy) is 1. The van der Waals surface area contributed by atoms with Crippen LogP contribution in [0.2, 0.25) is 0 Å². The molecule has 0 amide bonds. The van der Waals surface area contributed by atoms with Gasteiger partial charge in [0.25, 0.3) is 0 Å². The number of fused-ring (bicyclic) bond motifs is 1. The van der Waals surface area contributed by atoms with E-state index < -0.39 is 0 Å².